The first kappa shape index (κ1) is 15.0. The van der Waals surface area contributed by atoms with Gasteiger partial charge in [0.05, 0.1) is 11.4 Å². The minimum absolute atomic E-state index is 0.00340. The van der Waals surface area contributed by atoms with E-state index in [0.717, 1.165) is 0 Å². The number of halogens is 1. The van der Waals surface area contributed by atoms with Crippen LogP contribution in [0.2, 0.25) is 0 Å². The zero-order valence-electron chi connectivity index (χ0n) is 10.8. The van der Waals surface area contributed by atoms with Gasteiger partial charge in [0.15, 0.2) is 0 Å². The highest BCUT2D eigenvalue weighted by molar-refractivity contribution is 8.13. The number of carbonyl (C=O) groups excluding carboxylic acids is 1. The van der Waals surface area contributed by atoms with Gasteiger partial charge in [-0.15, -0.1) is 0 Å². The Morgan fingerprint density at radius 2 is 2.00 bits per heavy atom. The van der Waals surface area contributed by atoms with Crippen molar-refractivity contribution in [2.45, 2.75) is 32.2 Å². The number of rotatable bonds is 4. The van der Waals surface area contributed by atoms with Gasteiger partial charge in [-0.3, -0.25) is 9.48 Å². The highest BCUT2D eigenvalue weighted by atomic mass is 35.7. The maximum Gasteiger partial charge on any atom is 0.264 e. The quantitative estimate of drug-likeness (QED) is 0.774. The van der Waals surface area contributed by atoms with Gasteiger partial charge in [0, 0.05) is 24.3 Å². The van der Waals surface area contributed by atoms with Crippen molar-refractivity contribution in [1.29, 1.82) is 0 Å². The Morgan fingerprint density at radius 3 is 2.39 bits per heavy atom. The SMILES string of the molecule is CCN(C)C(=O)Cn1nc(C)c(S(=O)(=O)Cl)c1C. The minimum Gasteiger partial charge on any atom is -0.344 e. The molecule has 0 saturated carbocycles. The lowest BCUT2D eigenvalue weighted by Crippen LogP contribution is -2.30. The van der Waals surface area contributed by atoms with E-state index in [1.807, 2.05) is 6.92 Å². The lowest BCUT2D eigenvalue weighted by atomic mass is 10.4. The largest absolute Gasteiger partial charge is 0.344 e. The van der Waals surface area contributed by atoms with E-state index in [4.69, 9.17) is 10.7 Å². The van der Waals surface area contributed by atoms with Crippen molar-refractivity contribution in [2.75, 3.05) is 13.6 Å². The van der Waals surface area contributed by atoms with Crippen molar-refractivity contribution in [3.05, 3.63) is 11.4 Å². The molecule has 18 heavy (non-hydrogen) atoms. The maximum atomic E-state index is 11.7. The van der Waals surface area contributed by atoms with Crippen LogP contribution in [0.25, 0.3) is 0 Å². The average molecular weight is 294 g/mol. The smallest absolute Gasteiger partial charge is 0.264 e. The van der Waals surface area contributed by atoms with Crippen LogP contribution in [0, 0.1) is 13.8 Å². The first-order valence-electron chi connectivity index (χ1n) is 5.41. The Morgan fingerprint density at radius 1 is 1.44 bits per heavy atom. The topological polar surface area (TPSA) is 72.3 Å². The van der Waals surface area contributed by atoms with Crippen LogP contribution in [0.15, 0.2) is 4.90 Å². The molecule has 0 bridgehead atoms. The van der Waals surface area contributed by atoms with Crippen LogP contribution in [0.3, 0.4) is 0 Å². The monoisotopic (exact) mass is 293 g/mol. The van der Waals surface area contributed by atoms with Crippen LogP contribution < -0.4 is 0 Å². The van der Waals surface area contributed by atoms with E-state index in [0.29, 0.717) is 17.9 Å². The summed E-state index contributed by atoms with van der Waals surface area (Å²) in [5.74, 6) is -0.137. The second-order valence-electron chi connectivity index (χ2n) is 4.00. The summed E-state index contributed by atoms with van der Waals surface area (Å²) < 4.78 is 24.1. The van der Waals surface area contributed by atoms with Gasteiger partial charge in [-0.05, 0) is 20.8 Å². The molecule has 0 aromatic carbocycles. The molecule has 0 aliphatic carbocycles. The van der Waals surface area contributed by atoms with Gasteiger partial charge in [0.2, 0.25) is 5.91 Å². The van der Waals surface area contributed by atoms with Gasteiger partial charge in [0.1, 0.15) is 11.4 Å². The fourth-order valence-electron chi connectivity index (χ4n) is 1.61. The molecule has 1 amide bonds. The molecular formula is C10H16ClN3O3S. The number of hydrogen-bond donors (Lipinski definition) is 0. The number of aromatic nitrogens is 2. The second kappa shape index (κ2) is 5.27. The van der Waals surface area contributed by atoms with Crippen molar-refractivity contribution in [1.82, 2.24) is 14.7 Å². The molecule has 1 aromatic rings. The van der Waals surface area contributed by atoms with Gasteiger partial charge in [-0.1, -0.05) is 0 Å². The van der Waals surface area contributed by atoms with E-state index < -0.39 is 9.05 Å². The molecule has 1 heterocycles. The summed E-state index contributed by atoms with van der Waals surface area (Å²) in [4.78, 5) is 13.3. The third-order valence-corrected chi connectivity index (χ3v) is 4.29. The molecule has 6 nitrogen and oxygen atoms in total. The summed E-state index contributed by atoms with van der Waals surface area (Å²) in [7, 11) is 3.17. The third-order valence-electron chi connectivity index (χ3n) is 2.74. The van der Waals surface area contributed by atoms with Gasteiger partial charge < -0.3 is 4.90 Å². The number of aryl methyl sites for hydroxylation is 1. The van der Waals surface area contributed by atoms with E-state index in [9.17, 15) is 13.2 Å². The van der Waals surface area contributed by atoms with Crippen molar-refractivity contribution in [3.63, 3.8) is 0 Å². The van der Waals surface area contributed by atoms with Crippen LogP contribution in [-0.4, -0.2) is 42.6 Å². The van der Waals surface area contributed by atoms with E-state index in [-0.39, 0.29) is 17.3 Å². The molecule has 0 atom stereocenters. The van der Waals surface area contributed by atoms with Gasteiger partial charge in [-0.25, -0.2) is 8.42 Å². The van der Waals surface area contributed by atoms with Gasteiger partial charge >= 0.3 is 0 Å². The lowest BCUT2D eigenvalue weighted by Gasteiger charge is -2.14. The second-order valence-corrected chi connectivity index (χ2v) is 6.51. The van der Waals surface area contributed by atoms with E-state index in [1.165, 1.54) is 9.58 Å². The normalized spacial score (nSPS) is 11.6. The van der Waals surface area contributed by atoms with Gasteiger partial charge in [0.25, 0.3) is 9.05 Å². The molecule has 0 aliphatic heterocycles. The molecule has 102 valence electrons. The predicted molar refractivity (Wildman–Crippen MR) is 68.1 cm³/mol. The number of hydrogen-bond acceptors (Lipinski definition) is 4. The predicted octanol–water partition coefficient (Wildman–Crippen LogP) is 0.906. The molecular weight excluding hydrogens is 278 g/mol. The molecule has 8 heteroatoms. The van der Waals surface area contributed by atoms with E-state index in [1.54, 1.807) is 20.9 Å². The molecule has 0 unspecified atom stereocenters. The summed E-state index contributed by atoms with van der Waals surface area (Å²) in [5.41, 5.74) is 0.676. The molecule has 0 saturated heterocycles. The fourth-order valence-corrected chi connectivity index (χ4v) is 3.13. The highest BCUT2D eigenvalue weighted by Crippen LogP contribution is 2.23. The first-order chi connectivity index (χ1) is 8.18. The fraction of sp³-hybridized carbons (Fsp3) is 0.600. The van der Waals surface area contributed by atoms with Crippen molar-refractivity contribution in [2.24, 2.45) is 0 Å². The Hall–Kier alpha value is -1.08. The zero-order valence-corrected chi connectivity index (χ0v) is 12.3. The lowest BCUT2D eigenvalue weighted by molar-refractivity contribution is -0.130. The molecule has 0 aliphatic rings. The molecule has 1 rings (SSSR count). The highest BCUT2D eigenvalue weighted by Gasteiger charge is 2.23. The number of likely N-dealkylation sites (N-methyl/N-ethyl adjacent to an activating group) is 1. The molecule has 0 spiro atoms. The Balaban J connectivity index is 3.11. The van der Waals surface area contributed by atoms with E-state index >= 15 is 0 Å². The molecule has 1 aromatic heterocycles. The number of amides is 1. The summed E-state index contributed by atoms with van der Waals surface area (Å²) in [6.07, 6.45) is 0. The Kier molecular flexibility index (Phi) is 4.39. The summed E-state index contributed by atoms with van der Waals surface area (Å²) in [6.45, 7) is 5.57. The molecule has 0 radical (unpaired) electrons. The zero-order chi connectivity index (χ0) is 14.1. The molecule has 0 N–H and O–H groups in total. The van der Waals surface area contributed by atoms with Crippen molar-refractivity contribution < 1.29 is 13.2 Å². The van der Waals surface area contributed by atoms with Crippen LogP contribution in [0.5, 0.6) is 0 Å². The summed E-state index contributed by atoms with van der Waals surface area (Å²) >= 11 is 0. The Labute approximate surface area is 111 Å². The standard InChI is InChI=1S/C10H16ClN3O3S/c1-5-13(4)9(15)6-14-8(3)10(7(2)12-14)18(11,16)17/h5-6H2,1-4H3. The third kappa shape index (κ3) is 3.02. The number of nitrogens with zero attached hydrogens (tertiary/aromatic N) is 3. The summed E-state index contributed by atoms with van der Waals surface area (Å²) in [5, 5.41) is 4.04. The van der Waals surface area contributed by atoms with Crippen LogP contribution in [0.4, 0.5) is 0 Å². The van der Waals surface area contributed by atoms with E-state index in [2.05, 4.69) is 5.10 Å². The minimum atomic E-state index is -3.84. The first-order valence-corrected chi connectivity index (χ1v) is 7.72. The van der Waals surface area contributed by atoms with Crippen LogP contribution in [-0.2, 0) is 20.4 Å². The Bertz CT molecular complexity index is 565. The van der Waals surface area contributed by atoms with Crippen LogP contribution >= 0.6 is 10.7 Å². The summed E-state index contributed by atoms with van der Waals surface area (Å²) in [6, 6.07) is 0. The average Bonchev–Trinajstić information content (AvgIpc) is 2.51. The molecule has 0 fully saturated rings. The van der Waals surface area contributed by atoms with Crippen molar-refractivity contribution >= 4 is 25.6 Å². The maximum absolute atomic E-state index is 11.7. The van der Waals surface area contributed by atoms with Crippen molar-refractivity contribution in [3.8, 4) is 0 Å². The van der Waals surface area contributed by atoms with Gasteiger partial charge in [-0.2, -0.15) is 5.10 Å². The van der Waals surface area contributed by atoms with Crippen LogP contribution in [0.1, 0.15) is 18.3 Å². The number of carbonyl (C=O) groups is 1.